The first-order valence-corrected chi connectivity index (χ1v) is 11.1. The van der Waals surface area contributed by atoms with Gasteiger partial charge in [0.1, 0.15) is 11.9 Å². The van der Waals surface area contributed by atoms with Crippen LogP contribution in [-0.4, -0.2) is 34.6 Å². The van der Waals surface area contributed by atoms with Crippen molar-refractivity contribution >= 4 is 34.5 Å². The zero-order valence-corrected chi connectivity index (χ0v) is 19.1. The van der Waals surface area contributed by atoms with E-state index in [1.165, 1.54) is 0 Å². The van der Waals surface area contributed by atoms with E-state index in [2.05, 4.69) is 15.6 Å². The van der Waals surface area contributed by atoms with Crippen LogP contribution in [0.4, 0.5) is 0 Å². The van der Waals surface area contributed by atoms with Crippen molar-refractivity contribution in [1.29, 1.82) is 5.41 Å². The number of hydrogen-bond donors (Lipinski definition) is 6. The zero-order chi connectivity index (χ0) is 24.7. The average Bonchev–Trinajstić information content (AvgIpc) is 3.22. The topological polar surface area (TPSA) is 167 Å². The van der Waals surface area contributed by atoms with Crippen molar-refractivity contribution in [1.82, 2.24) is 15.6 Å². The van der Waals surface area contributed by atoms with Crippen LogP contribution in [-0.2, 0) is 27.3 Å². The molecule has 0 aliphatic rings. The number of rotatable bonds is 11. The highest BCUT2D eigenvalue weighted by Crippen LogP contribution is 2.21. The number of amides is 3. The van der Waals surface area contributed by atoms with Gasteiger partial charge in [-0.1, -0.05) is 49.4 Å². The number of fused-ring (bicyclic) bond motifs is 1. The van der Waals surface area contributed by atoms with Crippen molar-refractivity contribution in [2.45, 2.75) is 38.8 Å². The van der Waals surface area contributed by atoms with Crippen molar-refractivity contribution in [2.24, 2.45) is 17.4 Å². The highest BCUT2D eigenvalue weighted by atomic mass is 16.2. The van der Waals surface area contributed by atoms with Crippen molar-refractivity contribution in [3.05, 3.63) is 71.4 Å². The number of para-hydroxylation sites is 1. The zero-order valence-electron chi connectivity index (χ0n) is 19.1. The maximum Gasteiger partial charge on any atom is 0.242 e. The Kier molecular flexibility index (Phi) is 8.02. The standard InChI is InChI=1S/C25H30N6O3/c1-15(12-18-14-29-20-5-3-2-4-19(18)20)24(33)31-21(10-11-22(26)32)25(34)30-13-16-6-8-17(9-7-16)23(27)28/h2-9,14-15,21,29H,10-13H2,1H3,(H2,26,32)(H3,27,28)(H,30,34)(H,31,33). The molecule has 8 N–H and O–H groups in total. The van der Waals surface area contributed by atoms with Gasteiger partial charge in [-0.05, 0) is 30.0 Å². The molecule has 2 unspecified atom stereocenters. The molecule has 34 heavy (non-hydrogen) atoms. The Morgan fingerprint density at radius 3 is 2.41 bits per heavy atom. The van der Waals surface area contributed by atoms with Gasteiger partial charge in [-0.2, -0.15) is 0 Å². The molecule has 3 aromatic rings. The van der Waals surface area contributed by atoms with Gasteiger partial charge in [-0.3, -0.25) is 19.8 Å². The van der Waals surface area contributed by atoms with Crippen LogP contribution in [0.3, 0.4) is 0 Å². The number of nitrogens with two attached hydrogens (primary N) is 2. The van der Waals surface area contributed by atoms with Crippen LogP contribution >= 0.6 is 0 Å². The summed E-state index contributed by atoms with van der Waals surface area (Å²) in [5, 5.41) is 14.1. The summed E-state index contributed by atoms with van der Waals surface area (Å²) in [6.45, 7) is 2.03. The first kappa shape index (κ1) is 24.5. The lowest BCUT2D eigenvalue weighted by molar-refractivity contribution is -0.131. The van der Waals surface area contributed by atoms with E-state index in [0.717, 1.165) is 22.0 Å². The number of nitrogen functional groups attached to an aromatic ring is 1. The van der Waals surface area contributed by atoms with Crippen LogP contribution in [0.15, 0.2) is 54.7 Å². The number of primary amides is 1. The van der Waals surface area contributed by atoms with Crippen LogP contribution in [0.2, 0.25) is 0 Å². The third-order valence-electron chi connectivity index (χ3n) is 5.69. The number of H-pyrrole nitrogens is 1. The van der Waals surface area contributed by atoms with E-state index >= 15 is 0 Å². The Labute approximate surface area is 197 Å². The van der Waals surface area contributed by atoms with E-state index in [9.17, 15) is 14.4 Å². The van der Waals surface area contributed by atoms with Crippen LogP contribution in [0, 0.1) is 11.3 Å². The van der Waals surface area contributed by atoms with Gasteiger partial charge in [-0.25, -0.2) is 0 Å². The maximum atomic E-state index is 12.9. The first-order chi connectivity index (χ1) is 16.2. The quantitative estimate of drug-likeness (QED) is 0.189. The molecule has 9 nitrogen and oxygen atoms in total. The molecule has 0 bridgehead atoms. The normalized spacial score (nSPS) is 12.6. The van der Waals surface area contributed by atoms with Gasteiger partial charge in [0.15, 0.2) is 0 Å². The lowest BCUT2D eigenvalue weighted by atomic mass is 9.99. The number of hydrogen-bond acceptors (Lipinski definition) is 4. The van der Waals surface area contributed by atoms with Crippen molar-refractivity contribution in [3.8, 4) is 0 Å². The molecular formula is C25H30N6O3. The monoisotopic (exact) mass is 462 g/mol. The van der Waals surface area contributed by atoms with Crippen LogP contribution in [0.25, 0.3) is 10.9 Å². The molecule has 1 aromatic heterocycles. The van der Waals surface area contributed by atoms with E-state index in [1.54, 1.807) is 31.2 Å². The van der Waals surface area contributed by atoms with E-state index in [4.69, 9.17) is 16.9 Å². The molecule has 3 amide bonds. The van der Waals surface area contributed by atoms with Crippen LogP contribution in [0.5, 0.6) is 0 Å². The smallest absolute Gasteiger partial charge is 0.242 e. The molecule has 9 heteroatoms. The summed E-state index contributed by atoms with van der Waals surface area (Å²) in [5.41, 5.74) is 14.1. The van der Waals surface area contributed by atoms with Gasteiger partial charge < -0.3 is 27.1 Å². The van der Waals surface area contributed by atoms with Crippen molar-refractivity contribution in [2.75, 3.05) is 0 Å². The number of aromatic nitrogens is 1. The van der Waals surface area contributed by atoms with Gasteiger partial charge >= 0.3 is 0 Å². The van der Waals surface area contributed by atoms with Gasteiger partial charge in [0, 0.05) is 41.5 Å². The Balaban J connectivity index is 1.62. The molecule has 0 radical (unpaired) electrons. The third kappa shape index (κ3) is 6.44. The first-order valence-electron chi connectivity index (χ1n) is 11.1. The Morgan fingerprint density at radius 1 is 1.03 bits per heavy atom. The average molecular weight is 463 g/mol. The minimum atomic E-state index is -0.887. The van der Waals surface area contributed by atoms with E-state index in [1.807, 2.05) is 30.5 Å². The van der Waals surface area contributed by atoms with Crippen molar-refractivity contribution < 1.29 is 14.4 Å². The molecule has 0 aliphatic heterocycles. The summed E-state index contributed by atoms with van der Waals surface area (Å²) in [6.07, 6.45) is 2.48. The van der Waals surface area contributed by atoms with Crippen molar-refractivity contribution in [3.63, 3.8) is 0 Å². The van der Waals surface area contributed by atoms with Gasteiger partial charge in [0.25, 0.3) is 0 Å². The summed E-state index contributed by atoms with van der Waals surface area (Å²) in [7, 11) is 0. The van der Waals surface area contributed by atoms with E-state index in [-0.39, 0.29) is 37.0 Å². The number of carbonyl (C=O) groups is 3. The second-order valence-electron chi connectivity index (χ2n) is 8.36. The summed E-state index contributed by atoms with van der Waals surface area (Å²) >= 11 is 0. The summed E-state index contributed by atoms with van der Waals surface area (Å²) in [6, 6.07) is 13.9. The molecule has 0 saturated carbocycles. The number of aromatic amines is 1. The molecule has 1 heterocycles. The van der Waals surface area contributed by atoms with Gasteiger partial charge in [-0.15, -0.1) is 0 Å². The predicted molar refractivity (Wildman–Crippen MR) is 131 cm³/mol. The summed E-state index contributed by atoms with van der Waals surface area (Å²) < 4.78 is 0. The highest BCUT2D eigenvalue weighted by Gasteiger charge is 2.24. The van der Waals surface area contributed by atoms with E-state index < -0.39 is 17.9 Å². The van der Waals surface area contributed by atoms with Crippen LogP contribution in [0.1, 0.15) is 36.5 Å². The maximum absolute atomic E-state index is 12.9. The number of amidine groups is 1. The fourth-order valence-electron chi connectivity index (χ4n) is 3.71. The molecule has 2 atom stereocenters. The van der Waals surface area contributed by atoms with Gasteiger partial charge in [0.2, 0.25) is 17.7 Å². The molecular weight excluding hydrogens is 432 g/mol. The molecule has 0 saturated heterocycles. The fraction of sp³-hybridized carbons (Fsp3) is 0.280. The Hall–Kier alpha value is -4.14. The number of carbonyl (C=O) groups excluding carboxylic acids is 3. The lowest BCUT2D eigenvalue weighted by Gasteiger charge is -2.20. The number of nitrogens with one attached hydrogen (secondary N) is 4. The Bertz CT molecular complexity index is 1180. The van der Waals surface area contributed by atoms with E-state index in [0.29, 0.717) is 12.0 Å². The van der Waals surface area contributed by atoms with Gasteiger partial charge in [0.05, 0.1) is 0 Å². The number of benzene rings is 2. The largest absolute Gasteiger partial charge is 0.384 e. The predicted octanol–water partition coefficient (Wildman–Crippen LogP) is 1.70. The highest BCUT2D eigenvalue weighted by molar-refractivity contribution is 5.95. The lowest BCUT2D eigenvalue weighted by Crippen LogP contribution is -2.48. The molecule has 2 aromatic carbocycles. The molecule has 0 aliphatic carbocycles. The summed E-state index contributed by atoms with van der Waals surface area (Å²) in [5.74, 6) is -1.64. The minimum Gasteiger partial charge on any atom is -0.384 e. The fourth-order valence-corrected chi connectivity index (χ4v) is 3.71. The SMILES string of the molecule is CC(Cc1c[nH]c2ccccc12)C(=O)NC(CCC(N)=O)C(=O)NCc1ccc(C(=N)N)cc1. The Morgan fingerprint density at radius 2 is 1.74 bits per heavy atom. The third-order valence-corrected chi connectivity index (χ3v) is 5.69. The molecule has 0 spiro atoms. The summed E-state index contributed by atoms with van der Waals surface area (Å²) in [4.78, 5) is 40.2. The molecule has 3 rings (SSSR count). The minimum absolute atomic E-state index is 0.0253. The molecule has 0 fully saturated rings. The molecule has 178 valence electrons. The second kappa shape index (κ2) is 11.1. The second-order valence-corrected chi connectivity index (χ2v) is 8.36. The van der Waals surface area contributed by atoms with Crippen LogP contribution < -0.4 is 22.1 Å².